The second-order valence-corrected chi connectivity index (χ2v) is 12.3. The molecule has 4 saturated heterocycles. The minimum atomic E-state index is -0.163. The molecule has 214 valence electrons. The summed E-state index contributed by atoms with van der Waals surface area (Å²) >= 11 is 0. The van der Waals surface area contributed by atoms with Crippen LogP contribution in [0.25, 0.3) is 0 Å². The summed E-state index contributed by atoms with van der Waals surface area (Å²) in [4.78, 5) is 36.1. The number of halogens is 1. The molecule has 6 rings (SSSR count). The van der Waals surface area contributed by atoms with Gasteiger partial charge < -0.3 is 9.80 Å². The Labute approximate surface area is 238 Å². The molecule has 40 heavy (non-hydrogen) atoms. The molecule has 4 fully saturated rings. The first-order valence-electron chi connectivity index (χ1n) is 15.4. The topological polar surface area (TPSA) is 47.1 Å². The van der Waals surface area contributed by atoms with Gasteiger partial charge in [-0.2, -0.15) is 0 Å². The SMILES string of the molecule is O=C(CCC[C@@H]1[C@H]2CCCN3CCC[C@@H](CN1C(=O)c1ccccc1)[C@@H]23)N1CCN(Cc2ccccc2F)CC1. The van der Waals surface area contributed by atoms with E-state index in [2.05, 4.69) is 14.7 Å². The van der Waals surface area contributed by atoms with Gasteiger partial charge in [0.2, 0.25) is 5.91 Å². The second kappa shape index (κ2) is 12.4. The zero-order valence-electron chi connectivity index (χ0n) is 23.6. The minimum Gasteiger partial charge on any atom is -0.340 e. The van der Waals surface area contributed by atoms with Gasteiger partial charge in [0, 0.05) is 68.9 Å². The van der Waals surface area contributed by atoms with Crippen molar-refractivity contribution in [2.75, 3.05) is 45.8 Å². The zero-order chi connectivity index (χ0) is 27.5. The lowest BCUT2D eigenvalue weighted by molar-refractivity contribution is -0.133. The molecule has 4 atom stereocenters. The van der Waals surface area contributed by atoms with Gasteiger partial charge in [-0.15, -0.1) is 0 Å². The van der Waals surface area contributed by atoms with E-state index in [0.29, 0.717) is 49.5 Å². The van der Waals surface area contributed by atoms with Gasteiger partial charge in [-0.1, -0.05) is 36.4 Å². The van der Waals surface area contributed by atoms with Crippen molar-refractivity contribution < 1.29 is 14.0 Å². The lowest BCUT2D eigenvalue weighted by Gasteiger charge is -2.57. The van der Waals surface area contributed by atoms with Crippen molar-refractivity contribution in [3.05, 3.63) is 71.5 Å². The van der Waals surface area contributed by atoms with Crippen LogP contribution in [0.1, 0.15) is 60.9 Å². The van der Waals surface area contributed by atoms with E-state index in [4.69, 9.17) is 0 Å². The Morgan fingerprint density at radius 1 is 0.850 bits per heavy atom. The fourth-order valence-electron chi connectivity index (χ4n) is 7.99. The van der Waals surface area contributed by atoms with Crippen LogP contribution in [0.15, 0.2) is 54.6 Å². The van der Waals surface area contributed by atoms with Crippen molar-refractivity contribution >= 4 is 11.8 Å². The summed E-state index contributed by atoms with van der Waals surface area (Å²) < 4.78 is 14.1. The lowest BCUT2D eigenvalue weighted by atomic mass is 9.69. The van der Waals surface area contributed by atoms with Crippen LogP contribution in [0.5, 0.6) is 0 Å². The zero-order valence-corrected chi connectivity index (χ0v) is 23.6. The largest absolute Gasteiger partial charge is 0.340 e. The minimum absolute atomic E-state index is 0.157. The molecule has 4 heterocycles. The second-order valence-electron chi connectivity index (χ2n) is 12.3. The Balaban J connectivity index is 1.07. The standard InChI is InChI=1S/C33H43FN4O2/c34-29-14-5-4-11-26(29)23-35-19-21-36(22-20-35)31(39)16-6-15-30-28-13-8-18-37-17-7-12-27(32(28)37)24-38(30)33(40)25-9-2-1-3-10-25/h1-5,9-11,14,27-28,30,32H,6-8,12-13,15-24H2/t27-,28+,30+,32-/m0/s1. The summed E-state index contributed by atoms with van der Waals surface area (Å²) in [5.41, 5.74) is 1.49. The maximum atomic E-state index is 14.1. The summed E-state index contributed by atoms with van der Waals surface area (Å²) in [6.45, 7) is 6.73. The van der Waals surface area contributed by atoms with Gasteiger partial charge in [-0.3, -0.25) is 19.4 Å². The first-order valence-corrected chi connectivity index (χ1v) is 15.4. The van der Waals surface area contributed by atoms with Gasteiger partial charge in [0.15, 0.2) is 0 Å². The summed E-state index contributed by atoms with van der Waals surface area (Å²) in [5, 5.41) is 0. The first kappa shape index (κ1) is 27.4. The van der Waals surface area contributed by atoms with Crippen LogP contribution < -0.4 is 0 Å². The van der Waals surface area contributed by atoms with Crippen molar-refractivity contribution in [2.45, 2.75) is 63.6 Å². The molecule has 7 heteroatoms. The van der Waals surface area contributed by atoms with Crippen molar-refractivity contribution in [1.29, 1.82) is 0 Å². The first-order chi connectivity index (χ1) is 19.6. The molecule has 6 nitrogen and oxygen atoms in total. The van der Waals surface area contributed by atoms with Gasteiger partial charge >= 0.3 is 0 Å². The highest BCUT2D eigenvalue weighted by atomic mass is 19.1. The molecule has 0 saturated carbocycles. The predicted molar refractivity (Wildman–Crippen MR) is 154 cm³/mol. The third-order valence-electron chi connectivity index (χ3n) is 9.92. The average Bonchev–Trinajstić information content (AvgIpc) is 3.00. The number of likely N-dealkylation sites (tertiary alicyclic amines) is 1. The summed E-state index contributed by atoms with van der Waals surface area (Å²) in [5.74, 6) is 1.26. The fourth-order valence-corrected chi connectivity index (χ4v) is 7.99. The quantitative estimate of drug-likeness (QED) is 0.507. The van der Waals surface area contributed by atoms with Crippen LogP contribution in [0, 0.1) is 17.7 Å². The van der Waals surface area contributed by atoms with Crippen molar-refractivity contribution in [3.63, 3.8) is 0 Å². The fraction of sp³-hybridized carbons (Fsp3) is 0.576. The monoisotopic (exact) mass is 546 g/mol. The third-order valence-corrected chi connectivity index (χ3v) is 9.92. The summed E-state index contributed by atoms with van der Waals surface area (Å²) in [6, 6.07) is 17.5. The third kappa shape index (κ3) is 5.82. The Hall–Kier alpha value is -2.77. The van der Waals surface area contributed by atoms with Gasteiger partial charge in [-0.25, -0.2) is 4.39 Å². The summed E-state index contributed by atoms with van der Waals surface area (Å²) in [6.07, 6.45) is 7.05. The smallest absolute Gasteiger partial charge is 0.254 e. The van der Waals surface area contributed by atoms with Crippen molar-refractivity contribution in [2.24, 2.45) is 11.8 Å². The Bertz CT molecular complexity index is 1170. The molecule has 4 aliphatic rings. The molecule has 0 aliphatic carbocycles. The number of hydrogen-bond donors (Lipinski definition) is 0. The van der Waals surface area contributed by atoms with Crippen molar-refractivity contribution in [3.8, 4) is 0 Å². The highest BCUT2D eigenvalue weighted by Crippen LogP contribution is 2.43. The molecule has 0 radical (unpaired) electrons. The number of piperidine rings is 3. The highest BCUT2D eigenvalue weighted by Gasteiger charge is 2.49. The molecule has 2 amide bonds. The lowest BCUT2D eigenvalue weighted by Crippen LogP contribution is -2.65. The van der Waals surface area contributed by atoms with E-state index in [9.17, 15) is 14.0 Å². The number of carbonyl (C=O) groups excluding carboxylic acids is 2. The van der Waals surface area contributed by atoms with Crippen LogP contribution >= 0.6 is 0 Å². The molecule has 0 unspecified atom stereocenters. The Morgan fingerprint density at radius 2 is 1.57 bits per heavy atom. The Morgan fingerprint density at radius 3 is 2.35 bits per heavy atom. The van der Waals surface area contributed by atoms with Crippen LogP contribution in [-0.2, 0) is 11.3 Å². The molecule has 0 bridgehead atoms. The molecule has 4 aliphatic heterocycles. The average molecular weight is 547 g/mol. The highest BCUT2D eigenvalue weighted by molar-refractivity contribution is 5.94. The van der Waals surface area contributed by atoms with Gasteiger partial charge in [0.05, 0.1) is 0 Å². The molecule has 0 spiro atoms. The van der Waals surface area contributed by atoms with E-state index in [1.54, 1.807) is 6.07 Å². The number of piperazine rings is 1. The molecular weight excluding hydrogens is 503 g/mol. The van der Waals surface area contributed by atoms with Gasteiger partial charge in [0.25, 0.3) is 5.91 Å². The number of amides is 2. The summed E-state index contributed by atoms with van der Waals surface area (Å²) in [7, 11) is 0. The van der Waals surface area contributed by atoms with E-state index >= 15 is 0 Å². The molecule has 0 N–H and O–H groups in total. The van der Waals surface area contributed by atoms with Gasteiger partial charge in [0.1, 0.15) is 5.82 Å². The van der Waals surface area contributed by atoms with Crippen LogP contribution in [-0.4, -0.2) is 89.3 Å². The number of nitrogens with zero attached hydrogens (tertiary/aromatic N) is 4. The van der Waals surface area contributed by atoms with E-state index < -0.39 is 0 Å². The molecule has 2 aromatic carbocycles. The van der Waals surface area contributed by atoms with E-state index in [1.165, 1.54) is 44.8 Å². The predicted octanol–water partition coefficient (Wildman–Crippen LogP) is 4.66. The number of hydrogen-bond acceptors (Lipinski definition) is 4. The van der Waals surface area contributed by atoms with Crippen molar-refractivity contribution in [1.82, 2.24) is 19.6 Å². The molecule has 0 aromatic heterocycles. The molecular formula is C33H43FN4O2. The van der Waals surface area contributed by atoms with E-state index in [1.807, 2.05) is 47.4 Å². The number of rotatable bonds is 7. The maximum absolute atomic E-state index is 14.1. The maximum Gasteiger partial charge on any atom is 0.254 e. The van der Waals surface area contributed by atoms with E-state index in [0.717, 1.165) is 38.0 Å². The van der Waals surface area contributed by atoms with Crippen LogP contribution in [0.3, 0.4) is 0 Å². The number of carbonyl (C=O) groups is 2. The molecule has 2 aromatic rings. The number of benzene rings is 2. The van der Waals surface area contributed by atoms with Crippen LogP contribution in [0.2, 0.25) is 0 Å². The van der Waals surface area contributed by atoms with Gasteiger partial charge in [-0.05, 0) is 81.6 Å². The normalized spacial score (nSPS) is 27.3. The Kier molecular flexibility index (Phi) is 8.49. The van der Waals surface area contributed by atoms with E-state index in [-0.39, 0.29) is 23.7 Å². The van der Waals surface area contributed by atoms with Crippen LogP contribution in [0.4, 0.5) is 4.39 Å².